The fraction of sp³-hybridized carbons (Fsp3) is 0.333. The van der Waals surface area contributed by atoms with Crippen LogP contribution in [0.4, 0.5) is 0 Å². The van der Waals surface area contributed by atoms with Gasteiger partial charge in [0.1, 0.15) is 11.8 Å². The SMILES string of the molecule is CCCCc1ccc(C(=O)NC(Cc2ccc(O)cc2)C(=O)OC)cc1. The molecule has 1 amide bonds. The van der Waals surface area contributed by atoms with Gasteiger partial charge < -0.3 is 15.2 Å². The number of benzene rings is 2. The molecule has 0 fully saturated rings. The molecule has 138 valence electrons. The molecule has 2 rings (SSSR count). The number of phenols is 1. The molecule has 2 N–H and O–H groups in total. The number of aromatic hydroxyl groups is 1. The van der Waals surface area contributed by atoms with Gasteiger partial charge in [-0.25, -0.2) is 4.79 Å². The van der Waals surface area contributed by atoms with Crippen molar-refractivity contribution in [2.75, 3.05) is 7.11 Å². The fourth-order valence-corrected chi connectivity index (χ4v) is 2.65. The highest BCUT2D eigenvalue weighted by atomic mass is 16.5. The van der Waals surface area contributed by atoms with Crippen LogP contribution in [-0.2, 0) is 22.4 Å². The molecule has 0 bridgehead atoms. The van der Waals surface area contributed by atoms with Gasteiger partial charge in [0, 0.05) is 12.0 Å². The third-order valence-corrected chi connectivity index (χ3v) is 4.20. The smallest absolute Gasteiger partial charge is 0.328 e. The van der Waals surface area contributed by atoms with Crippen molar-refractivity contribution in [3.63, 3.8) is 0 Å². The van der Waals surface area contributed by atoms with E-state index in [2.05, 4.69) is 12.2 Å². The van der Waals surface area contributed by atoms with Gasteiger partial charge in [-0.3, -0.25) is 4.79 Å². The first kappa shape index (κ1) is 19.5. The highest BCUT2D eigenvalue weighted by molar-refractivity contribution is 5.96. The van der Waals surface area contributed by atoms with E-state index in [9.17, 15) is 14.7 Å². The Hall–Kier alpha value is -2.82. The summed E-state index contributed by atoms with van der Waals surface area (Å²) in [5.41, 5.74) is 2.51. The second kappa shape index (κ2) is 9.61. The van der Waals surface area contributed by atoms with E-state index in [1.807, 2.05) is 12.1 Å². The fourth-order valence-electron chi connectivity index (χ4n) is 2.65. The molecule has 0 aromatic heterocycles. The van der Waals surface area contributed by atoms with Gasteiger partial charge in [-0.05, 0) is 48.2 Å². The highest BCUT2D eigenvalue weighted by Crippen LogP contribution is 2.13. The van der Waals surface area contributed by atoms with Gasteiger partial charge in [0.2, 0.25) is 0 Å². The quantitative estimate of drug-likeness (QED) is 0.713. The summed E-state index contributed by atoms with van der Waals surface area (Å²) in [5.74, 6) is -0.678. The summed E-state index contributed by atoms with van der Waals surface area (Å²) >= 11 is 0. The van der Waals surface area contributed by atoms with Crippen LogP contribution < -0.4 is 5.32 Å². The second-order valence-electron chi connectivity index (χ2n) is 6.22. The number of esters is 1. The largest absolute Gasteiger partial charge is 0.508 e. The second-order valence-corrected chi connectivity index (χ2v) is 6.22. The van der Waals surface area contributed by atoms with Crippen molar-refractivity contribution in [1.29, 1.82) is 0 Å². The first-order valence-electron chi connectivity index (χ1n) is 8.79. The van der Waals surface area contributed by atoms with Gasteiger partial charge in [0.05, 0.1) is 7.11 Å². The molecule has 26 heavy (non-hydrogen) atoms. The minimum absolute atomic E-state index is 0.149. The number of aryl methyl sites for hydroxylation is 1. The van der Waals surface area contributed by atoms with E-state index in [1.54, 1.807) is 36.4 Å². The van der Waals surface area contributed by atoms with E-state index < -0.39 is 12.0 Å². The third-order valence-electron chi connectivity index (χ3n) is 4.20. The van der Waals surface area contributed by atoms with E-state index >= 15 is 0 Å². The zero-order chi connectivity index (χ0) is 18.9. The average molecular weight is 355 g/mol. The number of hydrogen-bond acceptors (Lipinski definition) is 4. The van der Waals surface area contributed by atoms with Crippen molar-refractivity contribution in [2.45, 2.75) is 38.6 Å². The predicted molar refractivity (Wildman–Crippen MR) is 100 cm³/mol. The Balaban J connectivity index is 2.05. The molecule has 0 saturated heterocycles. The van der Waals surface area contributed by atoms with Crippen LogP contribution in [0.1, 0.15) is 41.3 Å². The highest BCUT2D eigenvalue weighted by Gasteiger charge is 2.22. The predicted octanol–water partition coefficient (Wildman–Crippen LogP) is 3.25. The minimum Gasteiger partial charge on any atom is -0.508 e. The maximum atomic E-state index is 12.5. The van der Waals surface area contributed by atoms with Crippen molar-refractivity contribution in [2.24, 2.45) is 0 Å². The third kappa shape index (κ3) is 5.62. The standard InChI is InChI=1S/C21H25NO4/c1-3-4-5-15-6-10-17(11-7-15)20(24)22-19(21(25)26-2)14-16-8-12-18(23)13-9-16/h6-13,19,23H,3-5,14H2,1-2H3,(H,22,24). The zero-order valence-corrected chi connectivity index (χ0v) is 15.2. The zero-order valence-electron chi connectivity index (χ0n) is 15.2. The number of carbonyl (C=O) groups excluding carboxylic acids is 2. The van der Waals surface area contributed by atoms with Gasteiger partial charge in [-0.2, -0.15) is 0 Å². The van der Waals surface area contributed by atoms with Crippen LogP contribution in [0.3, 0.4) is 0 Å². The van der Waals surface area contributed by atoms with Crippen molar-refractivity contribution in [3.05, 3.63) is 65.2 Å². The van der Waals surface area contributed by atoms with E-state index in [4.69, 9.17) is 4.74 Å². The van der Waals surface area contributed by atoms with Gasteiger partial charge >= 0.3 is 5.97 Å². The Kier molecular flexibility index (Phi) is 7.21. The van der Waals surface area contributed by atoms with Gasteiger partial charge in [0.25, 0.3) is 5.91 Å². The topological polar surface area (TPSA) is 75.6 Å². The molecule has 1 unspecified atom stereocenters. The number of nitrogens with one attached hydrogen (secondary N) is 1. The van der Waals surface area contributed by atoms with Gasteiger partial charge in [-0.1, -0.05) is 37.6 Å². The van der Waals surface area contributed by atoms with E-state index in [1.165, 1.54) is 12.7 Å². The number of rotatable bonds is 8. The minimum atomic E-state index is -0.795. The van der Waals surface area contributed by atoms with Crippen molar-refractivity contribution in [3.8, 4) is 5.75 Å². The van der Waals surface area contributed by atoms with Crippen molar-refractivity contribution < 1.29 is 19.4 Å². The number of methoxy groups -OCH3 is 1. The molecule has 0 radical (unpaired) electrons. The molecule has 0 aliphatic heterocycles. The maximum absolute atomic E-state index is 12.5. The Bertz CT molecular complexity index is 723. The van der Waals surface area contributed by atoms with Crippen LogP contribution in [-0.4, -0.2) is 30.1 Å². The lowest BCUT2D eigenvalue weighted by molar-refractivity contribution is -0.142. The number of carbonyl (C=O) groups is 2. The van der Waals surface area contributed by atoms with E-state index in [0.717, 1.165) is 24.8 Å². The molecular formula is C21H25NO4. The van der Waals surface area contributed by atoms with Crippen LogP contribution in [0.2, 0.25) is 0 Å². The Morgan fingerprint density at radius 1 is 1.04 bits per heavy atom. The van der Waals surface area contributed by atoms with Crippen molar-refractivity contribution >= 4 is 11.9 Å². The summed E-state index contributed by atoms with van der Waals surface area (Å²) in [6, 6.07) is 13.1. The lowest BCUT2D eigenvalue weighted by atomic mass is 10.0. The summed E-state index contributed by atoms with van der Waals surface area (Å²) in [7, 11) is 1.29. The number of phenolic OH excluding ortho intramolecular Hbond substituents is 1. The monoisotopic (exact) mass is 355 g/mol. The normalized spacial score (nSPS) is 11.6. The summed E-state index contributed by atoms with van der Waals surface area (Å²) in [4.78, 5) is 24.5. The molecule has 0 spiro atoms. The molecular weight excluding hydrogens is 330 g/mol. The number of ether oxygens (including phenoxy) is 1. The Labute approximate surface area is 154 Å². The lowest BCUT2D eigenvalue weighted by Gasteiger charge is -2.17. The molecule has 0 aliphatic carbocycles. The van der Waals surface area contributed by atoms with Gasteiger partial charge in [0.15, 0.2) is 0 Å². The lowest BCUT2D eigenvalue weighted by Crippen LogP contribution is -2.43. The molecule has 0 heterocycles. The summed E-state index contributed by atoms with van der Waals surface area (Å²) in [6.07, 6.45) is 3.51. The Morgan fingerprint density at radius 3 is 2.23 bits per heavy atom. The first-order valence-corrected chi connectivity index (χ1v) is 8.79. The number of hydrogen-bond donors (Lipinski definition) is 2. The number of amides is 1. The van der Waals surface area contributed by atoms with E-state index in [0.29, 0.717) is 5.56 Å². The summed E-state index contributed by atoms with van der Waals surface area (Å²) in [6.45, 7) is 2.14. The maximum Gasteiger partial charge on any atom is 0.328 e. The summed E-state index contributed by atoms with van der Waals surface area (Å²) < 4.78 is 4.81. The molecule has 2 aromatic rings. The first-order chi connectivity index (χ1) is 12.5. The molecule has 0 saturated carbocycles. The van der Waals surface area contributed by atoms with Crippen LogP contribution in [0.25, 0.3) is 0 Å². The average Bonchev–Trinajstić information content (AvgIpc) is 2.67. The van der Waals surface area contributed by atoms with Crippen LogP contribution in [0.5, 0.6) is 5.75 Å². The Morgan fingerprint density at radius 2 is 1.65 bits per heavy atom. The molecule has 5 heteroatoms. The molecule has 1 atom stereocenters. The summed E-state index contributed by atoms with van der Waals surface area (Å²) in [5, 5.41) is 12.1. The van der Waals surface area contributed by atoms with Gasteiger partial charge in [-0.15, -0.1) is 0 Å². The molecule has 5 nitrogen and oxygen atoms in total. The van der Waals surface area contributed by atoms with Crippen LogP contribution >= 0.6 is 0 Å². The van der Waals surface area contributed by atoms with Crippen LogP contribution in [0, 0.1) is 0 Å². The van der Waals surface area contributed by atoms with Crippen molar-refractivity contribution in [1.82, 2.24) is 5.32 Å². The van der Waals surface area contributed by atoms with E-state index in [-0.39, 0.29) is 18.1 Å². The van der Waals surface area contributed by atoms with Crippen LogP contribution in [0.15, 0.2) is 48.5 Å². The number of unbranched alkanes of at least 4 members (excludes halogenated alkanes) is 1. The molecule has 2 aromatic carbocycles. The molecule has 0 aliphatic rings.